The second-order valence-electron chi connectivity index (χ2n) is 6.44. The Hall–Kier alpha value is -2.23. The van der Waals surface area contributed by atoms with E-state index >= 15 is 0 Å². The first-order valence-electron chi connectivity index (χ1n) is 8.48. The highest BCUT2D eigenvalue weighted by atomic mass is 32.2. The predicted octanol–water partition coefficient (Wildman–Crippen LogP) is 2.24. The molecule has 9 heteroatoms. The number of nitrogens with zero attached hydrogens (tertiary/aromatic N) is 2. The van der Waals surface area contributed by atoms with E-state index in [9.17, 15) is 18.0 Å². The lowest BCUT2D eigenvalue weighted by Gasteiger charge is -2.23. The predicted molar refractivity (Wildman–Crippen MR) is 104 cm³/mol. The first kappa shape index (κ1) is 19.5. The normalized spacial score (nSPS) is 17.3. The smallest absolute Gasteiger partial charge is 0.264 e. The van der Waals surface area contributed by atoms with Crippen LogP contribution in [0.2, 0.25) is 0 Å². The van der Waals surface area contributed by atoms with Crippen LogP contribution in [-0.4, -0.2) is 56.1 Å². The van der Waals surface area contributed by atoms with Crippen molar-refractivity contribution in [1.82, 2.24) is 9.21 Å². The van der Waals surface area contributed by atoms with E-state index < -0.39 is 16.1 Å². The minimum atomic E-state index is -3.59. The molecule has 3 rings (SSSR count). The van der Waals surface area contributed by atoms with E-state index in [0.717, 1.165) is 10.7 Å². The lowest BCUT2D eigenvalue weighted by Crippen LogP contribution is -2.43. The lowest BCUT2D eigenvalue weighted by molar-refractivity contribution is -0.119. The Morgan fingerprint density at radius 1 is 1.22 bits per heavy atom. The number of hydrogen-bond donors (Lipinski definition) is 1. The van der Waals surface area contributed by atoms with Crippen LogP contribution in [0.25, 0.3) is 0 Å². The lowest BCUT2D eigenvalue weighted by atomic mass is 10.2. The van der Waals surface area contributed by atoms with Gasteiger partial charge >= 0.3 is 0 Å². The molecule has 1 aromatic heterocycles. The van der Waals surface area contributed by atoms with Crippen LogP contribution in [0, 0.1) is 0 Å². The molecule has 1 aromatic carbocycles. The summed E-state index contributed by atoms with van der Waals surface area (Å²) in [7, 11) is -0.686. The van der Waals surface area contributed by atoms with Crippen LogP contribution in [-0.2, 0) is 14.8 Å². The highest BCUT2D eigenvalue weighted by molar-refractivity contribution is 7.89. The fourth-order valence-electron chi connectivity index (χ4n) is 2.99. The minimum Gasteiger partial charge on any atom is -0.326 e. The van der Waals surface area contributed by atoms with Crippen LogP contribution in [0.5, 0.6) is 0 Å². The molecule has 1 atom stereocenters. The summed E-state index contributed by atoms with van der Waals surface area (Å²) in [5.41, 5.74) is 0.387. The summed E-state index contributed by atoms with van der Waals surface area (Å²) in [4.78, 5) is 27.6. The molecule has 0 unspecified atom stereocenters. The van der Waals surface area contributed by atoms with E-state index in [1.165, 1.54) is 37.6 Å². The third-order valence-corrected chi connectivity index (χ3v) is 7.10. The van der Waals surface area contributed by atoms with Crippen molar-refractivity contribution in [2.45, 2.75) is 23.8 Å². The van der Waals surface area contributed by atoms with E-state index in [-0.39, 0.29) is 16.7 Å². The van der Waals surface area contributed by atoms with E-state index in [1.807, 2.05) is 5.38 Å². The summed E-state index contributed by atoms with van der Waals surface area (Å²) in [6.07, 6.45) is 1.34. The summed E-state index contributed by atoms with van der Waals surface area (Å²) in [5.74, 6) is -0.455. The van der Waals surface area contributed by atoms with Crippen LogP contribution < -0.4 is 5.32 Å². The number of nitrogens with one attached hydrogen (secondary N) is 1. The van der Waals surface area contributed by atoms with Crippen molar-refractivity contribution < 1.29 is 18.0 Å². The molecule has 0 saturated carbocycles. The van der Waals surface area contributed by atoms with Gasteiger partial charge in [-0.2, -0.15) is 0 Å². The van der Waals surface area contributed by atoms with Crippen molar-refractivity contribution in [3.8, 4) is 0 Å². The average molecular weight is 408 g/mol. The molecule has 7 nitrogen and oxygen atoms in total. The van der Waals surface area contributed by atoms with Gasteiger partial charge in [-0.3, -0.25) is 9.59 Å². The highest BCUT2D eigenvalue weighted by Gasteiger charge is 2.35. The second kappa shape index (κ2) is 7.79. The zero-order chi connectivity index (χ0) is 19.6. The van der Waals surface area contributed by atoms with E-state index in [4.69, 9.17) is 0 Å². The summed E-state index contributed by atoms with van der Waals surface area (Å²) >= 11 is 1.35. The molecule has 1 fully saturated rings. The molecule has 0 bridgehead atoms. The quantitative estimate of drug-likeness (QED) is 0.824. The topological polar surface area (TPSA) is 86.8 Å². The Morgan fingerprint density at radius 3 is 2.67 bits per heavy atom. The fraction of sp³-hybridized carbons (Fsp3) is 0.333. The number of sulfonamides is 1. The molecule has 1 N–H and O–H groups in total. The maximum atomic E-state index is 12.7. The molecule has 0 aliphatic carbocycles. The molecule has 0 spiro atoms. The van der Waals surface area contributed by atoms with Crippen molar-refractivity contribution in [2.75, 3.05) is 26.0 Å². The van der Waals surface area contributed by atoms with Gasteiger partial charge in [0.25, 0.3) is 5.91 Å². The molecule has 2 heterocycles. The van der Waals surface area contributed by atoms with Crippen LogP contribution >= 0.6 is 11.3 Å². The van der Waals surface area contributed by atoms with Gasteiger partial charge in [-0.05, 0) is 42.5 Å². The van der Waals surface area contributed by atoms with Crippen LogP contribution in [0.1, 0.15) is 22.5 Å². The molecule has 27 heavy (non-hydrogen) atoms. The number of carbonyl (C=O) groups is 2. The zero-order valence-electron chi connectivity index (χ0n) is 15.1. The number of likely N-dealkylation sites (tertiary alicyclic amines) is 1. The molecule has 2 aromatic rings. The second-order valence-corrected chi connectivity index (χ2v) is 9.54. The Labute approximate surface area is 162 Å². The van der Waals surface area contributed by atoms with Gasteiger partial charge < -0.3 is 10.2 Å². The molecule has 1 aliphatic heterocycles. The summed E-state index contributed by atoms with van der Waals surface area (Å²) in [6.45, 7) is 0.532. The molecule has 1 aliphatic rings. The third kappa shape index (κ3) is 4.05. The van der Waals surface area contributed by atoms with Crippen LogP contribution in [0.4, 0.5) is 5.69 Å². The van der Waals surface area contributed by atoms with Crippen molar-refractivity contribution in [3.63, 3.8) is 0 Å². The number of hydrogen-bond acceptors (Lipinski definition) is 5. The summed E-state index contributed by atoms with van der Waals surface area (Å²) in [5, 5.41) is 4.58. The maximum absolute atomic E-state index is 12.7. The van der Waals surface area contributed by atoms with E-state index in [1.54, 1.807) is 29.2 Å². The molecule has 0 radical (unpaired) electrons. The monoisotopic (exact) mass is 407 g/mol. The maximum Gasteiger partial charge on any atom is 0.264 e. The standard InChI is InChI=1S/C18H21N3O4S2/c1-20(2)27(24,25)14-7-3-6-13(12-14)19-17(22)15-8-4-10-21(15)18(23)16-9-5-11-26-16/h3,5-7,9,11-12,15H,4,8,10H2,1-2H3,(H,19,22)/t15-/m1/s1. The van der Waals surface area contributed by atoms with Crippen LogP contribution in [0.3, 0.4) is 0 Å². The number of carbonyl (C=O) groups excluding carboxylic acids is 2. The van der Waals surface area contributed by atoms with Gasteiger partial charge in [0.15, 0.2) is 0 Å². The number of amides is 2. The number of rotatable bonds is 5. The molecule has 2 amide bonds. The average Bonchev–Trinajstić information content (AvgIpc) is 3.33. The third-order valence-electron chi connectivity index (χ3n) is 4.43. The summed E-state index contributed by atoms with van der Waals surface area (Å²) in [6, 6.07) is 9.10. The molecule has 1 saturated heterocycles. The molecule has 144 valence electrons. The Balaban J connectivity index is 1.76. The van der Waals surface area contributed by atoms with Gasteiger partial charge in [0.05, 0.1) is 9.77 Å². The first-order chi connectivity index (χ1) is 12.8. The van der Waals surface area contributed by atoms with Gasteiger partial charge in [0, 0.05) is 26.3 Å². The molecular formula is C18H21N3O4S2. The largest absolute Gasteiger partial charge is 0.326 e. The Bertz CT molecular complexity index is 939. The van der Waals surface area contributed by atoms with Crippen molar-refractivity contribution >= 4 is 38.9 Å². The van der Waals surface area contributed by atoms with Gasteiger partial charge in [-0.1, -0.05) is 12.1 Å². The molecular weight excluding hydrogens is 386 g/mol. The number of thiophene rings is 1. The van der Waals surface area contributed by atoms with Crippen molar-refractivity contribution in [2.24, 2.45) is 0 Å². The number of anilines is 1. The highest BCUT2D eigenvalue weighted by Crippen LogP contribution is 2.24. The SMILES string of the molecule is CN(C)S(=O)(=O)c1cccc(NC(=O)[C@H]2CCCN2C(=O)c2cccs2)c1. The zero-order valence-corrected chi connectivity index (χ0v) is 16.7. The van der Waals surface area contributed by atoms with Gasteiger partial charge in [-0.15, -0.1) is 11.3 Å². The van der Waals surface area contributed by atoms with Gasteiger partial charge in [0.1, 0.15) is 6.04 Å². The summed E-state index contributed by atoms with van der Waals surface area (Å²) < 4.78 is 25.6. The van der Waals surface area contributed by atoms with Crippen molar-refractivity contribution in [1.29, 1.82) is 0 Å². The van der Waals surface area contributed by atoms with Gasteiger partial charge in [-0.25, -0.2) is 12.7 Å². The van der Waals surface area contributed by atoms with Gasteiger partial charge in [0.2, 0.25) is 15.9 Å². The minimum absolute atomic E-state index is 0.100. The van der Waals surface area contributed by atoms with Crippen LogP contribution in [0.15, 0.2) is 46.7 Å². The fourth-order valence-corrected chi connectivity index (χ4v) is 4.62. The van der Waals surface area contributed by atoms with Crippen molar-refractivity contribution in [3.05, 3.63) is 46.7 Å². The van der Waals surface area contributed by atoms with E-state index in [2.05, 4.69) is 5.32 Å². The number of benzene rings is 1. The Kier molecular flexibility index (Phi) is 5.64. The van der Waals surface area contributed by atoms with E-state index in [0.29, 0.717) is 23.5 Å². The first-order valence-corrected chi connectivity index (χ1v) is 10.8. The Morgan fingerprint density at radius 2 is 2.00 bits per heavy atom.